The van der Waals surface area contributed by atoms with Gasteiger partial charge in [0.1, 0.15) is 5.75 Å². The standard InChI is InChI=1S/C20H20ClNO5S/c1-4-28(25,26)11-13(23)10-22-17-9-12(2)5-6-14(17)19(24)15-7-8-16(21)20(27-3)18(15)22/h5-9H,4,10-11H2,1-3H3. The van der Waals surface area contributed by atoms with E-state index in [2.05, 4.69) is 0 Å². The second-order valence-corrected chi connectivity index (χ2v) is 9.39. The van der Waals surface area contributed by atoms with Crippen LogP contribution in [0, 0.1) is 6.92 Å². The lowest BCUT2D eigenvalue weighted by atomic mass is 10.1. The van der Waals surface area contributed by atoms with Crippen molar-refractivity contribution >= 4 is 49.0 Å². The maximum absolute atomic E-state index is 13.0. The molecule has 0 spiro atoms. The third-order valence-corrected chi connectivity index (χ3v) is 6.59. The predicted molar refractivity (Wildman–Crippen MR) is 111 cm³/mol. The number of hydrogen-bond acceptors (Lipinski definition) is 5. The van der Waals surface area contributed by atoms with Gasteiger partial charge in [-0.05, 0) is 36.8 Å². The van der Waals surface area contributed by atoms with Crippen LogP contribution in [0.3, 0.4) is 0 Å². The van der Waals surface area contributed by atoms with E-state index in [1.165, 1.54) is 14.0 Å². The first-order valence-electron chi connectivity index (χ1n) is 8.70. The molecule has 6 nitrogen and oxygen atoms in total. The van der Waals surface area contributed by atoms with Crippen molar-refractivity contribution < 1.29 is 17.9 Å². The third kappa shape index (κ3) is 3.64. The Morgan fingerprint density at radius 3 is 2.50 bits per heavy atom. The van der Waals surface area contributed by atoms with E-state index in [9.17, 15) is 18.0 Å². The van der Waals surface area contributed by atoms with E-state index in [1.54, 1.807) is 28.8 Å². The molecule has 0 unspecified atom stereocenters. The largest absolute Gasteiger partial charge is 0.493 e. The molecular weight excluding hydrogens is 402 g/mol. The van der Waals surface area contributed by atoms with Crippen LogP contribution in [0.1, 0.15) is 12.5 Å². The summed E-state index contributed by atoms with van der Waals surface area (Å²) in [5.74, 6) is -0.881. The molecule has 1 heterocycles. The van der Waals surface area contributed by atoms with Crippen LogP contribution in [0.2, 0.25) is 5.02 Å². The number of benzene rings is 2. The Hall–Kier alpha value is -2.38. The fraction of sp³-hybridized carbons (Fsp3) is 0.300. The maximum atomic E-state index is 13.0. The van der Waals surface area contributed by atoms with Gasteiger partial charge in [-0.2, -0.15) is 0 Å². The van der Waals surface area contributed by atoms with Crippen LogP contribution >= 0.6 is 11.6 Å². The van der Waals surface area contributed by atoms with E-state index < -0.39 is 21.4 Å². The quantitative estimate of drug-likeness (QED) is 0.571. The molecule has 0 radical (unpaired) electrons. The van der Waals surface area contributed by atoms with Crippen LogP contribution < -0.4 is 10.2 Å². The van der Waals surface area contributed by atoms with Crippen molar-refractivity contribution in [3.05, 3.63) is 51.1 Å². The molecule has 8 heteroatoms. The number of pyridine rings is 1. The number of hydrogen-bond donors (Lipinski definition) is 0. The van der Waals surface area contributed by atoms with Crippen LogP contribution in [0.25, 0.3) is 21.8 Å². The summed E-state index contributed by atoms with van der Waals surface area (Å²) in [6, 6.07) is 8.47. The predicted octanol–water partition coefficient (Wildman–Crippen LogP) is 3.13. The van der Waals surface area contributed by atoms with Crippen molar-refractivity contribution in [2.45, 2.75) is 20.4 Å². The number of aromatic nitrogens is 1. The van der Waals surface area contributed by atoms with Crippen LogP contribution in [0.5, 0.6) is 5.75 Å². The highest BCUT2D eigenvalue weighted by molar-refractivity contribution is 7.92. The zero-order valence-corrected chi connectivity index (χ0v) is 17.4. The van der Waals surface area contributed by atoms with Crippen LogP contribution in [0.15, 0.2) is 35.1 Å². The summed E-state index contributed by atoms with van der Waals surface area (Å²) in [6.45, 7) is 3.16. The summed E-state index contributed by atoms with van der Waals surface area (Å²) in [7, 11) is -2.04. The van der Waals surface area contributed by atoms with Gasteiger partial charge in [0.15, 0.2) is 26.8 Å². The molecule has 3 rings (SSSR count). The normalized spacial score (nSPS) is 11.9. The van der Waals surface area contributed by atoms with Crippen molar-refractivity contribution in [2.24, 2.45) is 0 Å². The van der Waals surface area contributed by atoms with Crippen molar-refractivity contribution in [1.29, 1.82) is 0 Å². The minimum absolute atomic E-state index is 0.112. The van der Waals surface area contributed by atoms with Crippen molar-refractivity contribution in [2.75, 3.05) is 18.6 Å². The number of sulfone groups is 1. The number of halogens is 1. The number of fused-ring (bicyclic) bond motifs is 2. The molecule has 0 N–H and O–H groups in total. The zero-order valence-electron chi connectivity index (χ0n) is 15.8. The van der Waals surface area contributed by atoms with Gasteiger partial charge in [0.25, 0.3) is 0 Å². The summed E-state index contributed by atoms with van der Waals surface area (Å²) in [5, 5.41) is 1.08. The van der Waals surface area contributed by atoms with Gasteiger partial charge in [0.05, 0.1) is 35.1 Å². The fourth-order valence-corrected chi connectivity index (χ4v) is 4.26. The van der Waals surface area contributed by atoms with Gasteiger partial charge in [-0.25, -0.2) is 8.42 Å². The van der Waals surface area contributed by atoms with Crippen molar-refractivity contribution in [3.63, 3.8) is 0 Å². The minimum atomic E-state index is -3.47. The molecule has 0 aliphatic heterocycles. The van der Waals surface area contributed by atoms with Crippen LogP contribution in [0.4, 0.5) is 0 Å². The average molecular weight is 422 g/mol. The first-order valence-corrected chi connectivity index (χ1v) is 10.9. The van der Waals surface area contributed by atoms with Gasteiger partial charge in [-0.3, -0.25) is 9.59 Å². The highest BCUT2D eigenvalue weighted by Gasteiger charge is 2.21. The first-order chi connectivity index (χ1) is 13.2. The second-order valence-electron chi connectivity index (χ2n) is 6.63. The first kappa shape index (κ1) is 20.4. The second kappa shape index (κ2) is 7.56. The van der Waals surface area contributed by atoms with E-state index in [1.807, 2.05) is 13.0 Å². The Balaban J connectivity index is 2.38. The Morgan fingerprint density at radius 2 is 1.86 bits per heavy atom. The molecule has 0 saturated heterocycles. The highest BCUT2D eigenvalue weighted by Crippen LogP contribution is 2.34. The van der Waals surface area contributed by atoms with Crippen LogP contribution in [-0.4, -0.2) is 37.4 Å². The third-order valence-electron chi connectivity index (χ3n) is 4.65. The van der Waals surface area contributed by atoms with Gasteiger partial charge in [-0.15, -0.1) is 0 Å². The van der Waals surface area contributed by atoms with Crippen molar-refractivity contribution in [1.82, 2.24) is 4.57 Å². The van der Waals surface area contributed by atoms with Gasteiger partial charge in [0, 0.05) is 11.1 Å². The Kier molecular flexibility index (Phi) is 5.50. The monoisotopic (exact) mass is 421 g/mol. The number of ether oxygens (including phenoxy) is 1. The number of Topliss-reactive ketones (excluding diaryl/α,β-unsaturated/α-hetero) is 1. The number of ketones is 1. The molecule has 3 aromatic rings. The number of nitrogens with zero attached hydrogens (tertiary/aromatic N) is 1. The van der Waals surface area contributed by atoms with Crippen molar-refractivity contribution in [3.8, 4) is 5.75 Å². The molecule has 0 aliphatic carbocycles. The maximum Gasteiger partial charge on any atom is 0.197 e. The van der Waals surface area contributed by atoms with E-state index in [0.717, 1.165) is 5.56 Å². The lowest BCUT2D eigenvalue weighted by Gasteiger charge is -2.18. The molecule has 0 amide bonds. The molecule has 0 atom stereocenters. The summed E-state index contributed by atoms with van der Waals surface area (Å²) in [6.07, 6.45) is 0. The number of methoxy groups -OCH3 is 1. The molecular formula is C20H20ClNO5S. The Bertz CT molecular complexity index is 1260. The SMILES string of the molecule is CCS(=O)(=O)CC(=O)Cn1c2cc(C)ccc2c(=O)c2ccc(Cl)c(OC)c21. The number of carbonyl (C=O) groups is 1. The summed E-state index contributed by atoms with van der Waals surface area (Å²) in [5.41, 5.74) is 1.60. The van der Waals surface area contributed by atoms with Gasteiger partial charge < -0.3 is 9.30 Å². The minimum Gasteiger partial charge on any atom is -0.493 e. The van der Waals surface area contributed by atoms with Crippen LogP contribution in [-0.2, 0) is 21.2 Å². The topological polar surface area (TPSA) is 82.4 Å². The van der Waals surface area contributed by atoms with Gasteiger partial charge in [-0.1, -0.05) is 24.6 Å². The molecule has 2 aromatic carbocycles. The molecule has 28 heavy (non-hydrogen) atoms. The highest BCUT2D eigenvalue weighted by atomic mass is 35.5. The van der Waals surface area contributed by atoms with E-state index in [0.29, 0.717) is 26.8 Å². The van der Waals surface area contributed by atoms with E-state index in [4.69, 9.17) is 16.3 Å². The summed E-state index contributed by atoms with van der Waals surface area (Å²) < 4.78 is 30.8. The average Bonchev–Trinajstić information content (AvgIpc) is 2.64. The molecule has 148 valence electrons. The lowest BCUT2D eigenvalue weighted by Crippen LogP contribution is -2.23. The summed E-state index contributed by atoms with van der Waals surface area (Å²) >= 11 is 6.25. The molecule has 0 fully saturated rings. The molecule has 0 aliphatic rings. The molecule has 1 aromatic heterocycles. The smallest absolute Gasteiger partial charge is 0.197 e. The zero-order chi connectivity index (χ0) is 20.6. The van der Waals surface area contributed by atoms with E-state index >= 15 is 0 Å². The van der Waals surface area contributed by atoms with Gasteiger partial charge >= 0.3 is 0 Å². The summed E-state index contributed by atoms with van der Waals surface area (Å²) in [4.78, 5) is 25.6. The Labute approximate surface area is 167 Å². The molecule has 0 saturated carbocycles. The fourth-order valence-electron chi connectivity index (χ4n) is 3.25. The number of rotatable bonds is 6. The Morgan fingerprint density at radius 1 is 1.18 bits per heavy atom. The lowest BCUT2D eigenvalue weighted by molar-refractivity contribution is -0.117. The van der Waals surface area contributed by atoms with Gasteiger partial charge in [0.2, 0.25) is 0 Å². The molecule has 0 bridgehead atoms. The number of aryl methyl sites for hydroxylation is 1. The van der Waals surface area contributed by atoms with E-state index in [-0.39, 0.29) is 23.5 Å². The number of carbonyl (C=O) groups excluding carboxylic acids is 1.